The molecule has 1 N–H and O–H groups in total. The number of likely N-dealkylation sites (tertiary alicyclic amines) is 1. The Morgan fingerprint density at radius 2 is 1.96 bits per heavy atom. The third-order valence-corrected chi connectivity index (χ3v) is 4.58. The highest BCUT2D eigenvalue weighted by Gasteiger charge is 2.22. The minimum atomic E-state index is -0.0872. The Morgan fingerprint density at radius 1 is 1.26 bits per heavy atom. The van der Waals surface area contributed by atoms with Crippen molar-refractivity contribution in [1.29, 1.82) is 0 Å². The van der Waals surface area contributed by atoms with Crippen LogP contribution in [0.2, 0.25) is 0 Å². The van der Waals surface area contributed by atoms with E-state index < -0.39 is 0 Å². The number of ether oxygens (including phenoxy) is 2. The van der Waals surface area contributed by atoms with Crippen LogP contribution in [0, 0.1) is 5.92 Å². The lowest BCUT2D eigenvalue weighted by atomic mass is 9.96. The van der Waals surface area contributed by atoms with E-state index in [4.69, 9.17) is 9.47 Å². The molecule has 1 aliphatic rings. The molecule has 1 saturated heterocycles. The minimum Gasteiger partial charge on any atom is -0.497 e. The Bertz CT molecular complexity index is 523. The number of carbonyl (C=O) groups excluding carboxylic acids is 1. The van der Waals surface area contributed by atoms with Gasteiger partial charge in [-0.1, -0.05) is 0 Å². The Balaban J connectivity index is 1.88. The maximum atomic E-state index is 12.4. The van der Waals surface area contributed by atoms with Gasteiger partial charge < -0.3 is 19.7 Å². The highest BCUT2D eigenvalue weighted by atomic mass is 16.5. The summed E-state index contributed by atoms with van der Waals surface area (Å²) in [6, 6.07) is 5.86. The van der Waals surface area contributed by atoms with Gasteiger partial charge in [-0.15, -0.1) is 0 Å². The molecule has 0 radical (unpaired) electrons. The maximum absolute atomic E-state index is 12.4. The third-order valence-electron chi connectivity index (χ3n) is 4.58. The molecule has 1 amide bonds. The van der Waals surface area contributed by atoms with Gasteiger partial charge in [0, 0.05) is 18.7 Å². The summed E-state index contributed by atoms with van der Waals surface area (Å²) in [5.74, 6) is 1.69. The van der Waals surface area contributed by atoms with Gasteiger partial charge in [-0.3, -0.25) is 4.79 Å². The molecule has 0 bridgehead atoms. The van der Waals surface area contributed by atoms with Crippen LogP contribution >= 0.6 is 0 Å². The first-order valence-corrected chi connectivity index (χ1v) is 8.29. The van der Waals surface area contributed by atoms with Crippen molar-refractivity contribution in [1.82, 2.24) is 10.2 Å². The predicted molar refractivity (Wildman–Crippen MR) is 91.3 cm³/mol. The molecular formula is C18H28N2O3. The molecule has 128 valence electrons. The minimum absolute atomic E-state index is 0.0872. The number of rotatable bonds is 6. The molecular weight excluding hydrogens is 292 g/mol. The number of amides is 1. The summed E-state index contributed by atoms with van der Waals surface area (Å²) in [6.07, 6.45) is 2.27. The van der Waals surface area contributed by atoms with Crippen molar-refractivity contribution in [3.8, 4) is 11.5 Å². The Hall–Kier alpha value is -1.75. The van der Waals surface area contributed by atoms with Crippen molar-refractivity contribution in [3.05, 3.63) is 23.8 Å². The molecule has 1 fully saturated rings. The van der Waals surface area contributed by atoms with Gasteiger partial charge in [0.2, 0.25) is 0 Å². The zero-order chi connectivity index (χ0) is 16.8. The largest absolute Gasteiger partial charge is 0.497 e. The van der Waals surface area contributed by atoms with Crippen molar-refractivity contribution < 1.29 is 14.3 Å². The lowest BCUT2D eigenvalue weighted by Crippen LogP contribution is -2.41. The monoisotopic (exact) mass is 320 g/mol. The van der Waals surface area contributed by atoms with E-state index in [1.807, 2.05) is 0 Å². The van der Waals surface area contributed by atoms with E-state index in [9.17, 15) is 4.79 Å². The van der Waals surface area contributed by atoms with Crippen LogP contribution in [0.4, 0.5) is 0 Å². The Morgan fingerprint density at radius 3 is 2.52 bits per heavy atom. The van der Waals surface area contributed by atoms with E-state index in [-0.39, 0.29) is 5.91 Å². The van der Waals surface area contributed by atoms with E-state index in [0.717, 1.165) is 32.5 Å². The third kappa shape index (κ3) is 4.61. The number of carbonyl (C=O) groups is 1. The second-order valence-corrected chi connectivity index (χ2v) is 6.35. The van der Waals surface area contributed by atoms with E-state index in [0.29, 0.717) is 29.0 Å². The SMILES string of the molecule is COc1ccc(C(=O)NCC2CCN(C(C)C)CC2)c(OC)c1. The second-order valence-electron chi connectivity index (χ2n) is 6.35. The lowest BCUT2D eigenvalue weighted by Gasteiger charge is -2.34. The fourth-order valence-corrected chi connectivity index (χ4v) is 2.99. The molecule has 1 aliphatic heterocycles. The van der Waals surface area contributed by atoms with E-state index in [2.05, 4.69) is 24.1 Å². The fraction of sp³-hybridized carbons (Fsp3) is 0.611. The summed E-state index contributed by atoms with van der Waals surface area (Å²) >= 11 is 0. The van der Waals surface area contributed by atoms with Crippen molar-refractivity contribution in [3.63, 3.8) is 0 Å². The van der Waals surface area contributed by atoms with Gasteiger partial charge in [-0.25, -0.2) is 0 Å². The van der Waals surface area contributed by atoms with Gasteiger partial charge in [0.15, 0.2) is 0 Å². The summed E-state index contributed by atoms with van der Waals surface area (Å²) in [5, 5.41) is 3.05. The first-order valence-electron chi connectivity index (χ1n) is 8.29. The van der Waals surface area contributed by atoms with Crippen LogP contribution in [0.1, 0.15) is 37.0 Å². The molecule has 1 heterocycles. The summed E-state index contributed by atoms with van der Waals surface area (Å²) in [7, 11) is 3.16. The van der Waals surface area contributed by atoms with Crippen LogP contribution in [-0.2, 0) is 0 Å². The number of nitrogens with zero attached hydrogens (tertiary/aromatic N) is 1. The zero-order valence-electron chi connectivity index (χ0n) is 14.6. The lowest BCUT2D eigenvalue weighted by molar-refractivity contribution is 0.0926. The molecule has 5 heteroatoms. The molecule has 2 rings (SSSR count). The average Bonchev–Trinajstić information content (AvgIpc) is 2.59. The van der Waals surface area contributed by atoms with Crippen LogP contribution < -0.4 is 14.8 Å². The van der Waals surface area contributed by atoms with Crippen molar-refractivity contribution in [2.24, 2.45) is 5.92 Å². The van der Waals surface area contributed by atoms with Gasteiger partial charge in [-0.05, 0) is 57.8 Å². The molecule has 23 heavy (non-hydrogen) atoms. The summed E-state index contributed by atoms with van der Waals surface area (Å²) in [6.45, 7) is 7.42. The smallest absolute Gasteiger partial charge is 0.255 e. The van der Waals surface area contributed by atoms with Gasteiger partial charge in [0.1, 0.15) is 11.5 Å². The number of hydrogen-bond donors (Lipinski definition) is 1. The number of piperidine rings is 1. The molecule has 0 aromatic heterocycles. The highest BCUT2D eigenvalue weighted by Crippen LogP contribution is 2.25. The highest BCUT2D eigenvalue weighted by molar-refractivity contribution is 5.97. The van der Waals surface area contributed by atoms with E-state index >= 15 is 0 Å². The van der Waals surface area contributed by atoms with Crippen LogP contribution in [0.15, 0.2) is 18.2 Å². The van der Waals surface area contributed by atoms with Crippen LogP contribution in [0.3, 0.4) is 0 Å². The zero-order valence-corrected chi connectivity index (χ0v) is 14.6. The normalized spacial score (nSPS) is 16.4. The Labute approximate surface area is 139 Å². The van der Waals surface area contributed by atoms with E-state index in [1.54, 1.807) is 32.4 Å². The van der Waals surface area contributed by atoms with Crippen LogP contribution in [0.5, 0.6) is 11.5 Å². The first kappa shape index (κ1) is 17.6. The molecule has 0 saturated carbocycles. The molecule has 1 aromatic rings. The first-order chi connectivity index (χ1) is 11.0. The van der Waals surface area contributed by atoms with Crippen LogP contribution in [0.25, 0.3) is 0 Å². The van der Waals surface area contributed by atoms with Gasteiger partial charge in [0.05, 0.1) is 19.8 Å². The number of methoxy groups -OCH3 is 2. The summed E-state index contributed by atoms with van der Waals surface area (Å²) in [4.78, 5) is 14.9. The standard InChI is InChI=1S/C18H28N2O3/c1-13(2)20-9-7-14(8-10-20)12-19-18(21)16-6-5-15(22-3)11-17(16)23-4/h5-6,11,13-14H,7-10,12H2,1-4H3,(H,19,21). The number of benzene rings is 1. The Kier molecular flexibility index (Phi) is 6.28. The molecule has 0 unspecified atom stereocenters. The van der Waals surface area contributed by atoms with Crippen molar-refractivity contribution in [2.75, 3.05) is 33.9 Å². The molecule has 0 spiro atoms. The number of nitrogens with one attached hydrogen (secondary N) is 1. The van der Waals surface area contributed by atoms with Gasteiger partial charge in [-0.2, -0.15) is 0 Å². The van der Waals surface area contributed by atoms with Crippen molar-refractivity contribution >= 4 is 5.91 Å². The quantitative estimate of drug-likeness (QED) is 0.875. The fourth-order valence-electron chi connectivity index (χ4n) is 2.99. The molecule has 0 aliphatic carbocycles. The topological polar surface area (TPSA) is 50.8 Å². The second kappa shape index (κ2) is 8.20. The van der Waals surface area contributed by atoms with E-state index in [1.165, 1.54) is 0 Å². The molecule has 5 nitrogen and oxygen atoms in total. The van der Waals surface area contributed by atoms with Gasteiger partial charge in [0.25, 0.3) is 5.91 Å². The summed E-state index contributed by atoms with van der Waals surface area (Å²) < 4.78 is 10.5. The summed E-state index contributed by atoms with van der Waals surface area (Å²) in [5.41, 5.74) is 0.549. The predicted octanol–water partition coefficient (Wildman–Crippen LogP) is 2.55. The average molecular weight is 320 g/mol. The molecule has 1 aromatic carbocycles. The maximum Gasteiger partial charge on any atom is 0.255 e. The van der Waals surface area contributed by atoms with Crippen molar-refractivity contribution in [2.45, 2.75) is 32.7 Å². The van der Waals surface area contributed by atoms with Gasteiger partial charge >= 0.3 is 0 Å². The number of hydrogen-bond acceptors (Lipinski definition) is 4. The molecule has 0 atom stereocenters. The van der Waals surface area contributed by atoms with Crippen LogP contribution in [-0.4, -0.2) is 50.7 Å².